The summed E-state index contributed by atoms with van der Waals surface area (Å²) in [5, 5.41) is 15.4. The number of carboxylic acids is 2. The van der Waals surface area contributed by atoms with Crippen LogP contribution in [0, 0.1) is 0 Å². The van der Waals surface area contributed by atoms with Crippen molar-refractivity contribution in [2.75, 3.05) is 0 Å². The first-order chi connectivity index (χ1) is 4.54. The molecule has 0 saturated carbocycles. The Balaban J connectivity index is -0.000000107. The molecule has 0 aliphatic heterocycles. The van der Waals surface area contributed by atoms with Gasteiger partial charge in [0.15, 0.2) is 0 Å². The zero-order chi connectivity index (χ0) is 8.57. The Morgan fingerprint density at radius 3 is 1.09 bits per heavy atom. The van der Waals surface area contributed by atoms with Crippen LogP contribution in [0.15, 0.2) is 0 Å². The highest BCUT2D eigenvalue weighted by atomic mass is 31.0. The summed E-state index contributed by atoms with van der Waals surface area (Å²) in [6.45, 7) is 3.20. The predicted octanol–water partition coefficient (Wildman–Crippen LogP) is 1.02. The Labute approximate surface area is 69.2 Å². The van der Waals surface area contributed by atoms with Crippen molar-refractivity contribution < 1.29 is 19.8 Å². The van der Waals surface area contributed by atoms with Gasteiger partial charge in [-0.3, -0.25) is 9.59 Å². The van der Waals surface area contributed by atoms with Crippen LogP contribution in [0.1, 0.15) is 26.7 Å². The lowest BCUT2D eigenvalue weighted by atomic mass is 10.5. The monoisotopic (exact) mass is 182 g/mol. The number of carboxylic acid groups (broad SMARTS) is 2. The second-order valence-corrected chi connectivity index (χ2v) is 1.49. The fraction of sp³-hybridized carbons (Fsp3) is 0.667. The first-order valence-corrected chi connectivity index (χ1v) is 2.98. The number of rotatable bonds is 2. The van der Waals surface area contributed by atoms with E-state index >= 15 is 0 Å². The molecule has 0 aliphatic rings. The molecule has 0 aromatic rings. The molecule has 0 fully saturated rings. The lowest BCUT2D eigenvalue weighted by molar-refractivity contribution is -0.137. The van der Waals surface area contributed by atoms with Crippen molar-refractivity contribution in [1.82, 2.24) is 0 Å². The summed E-state index contributed by atoms with van der Waals surface area (Å²) in [6.07, 6.45) is 0.444. The van der Waals surface area contributed by atoms with Gasteiger partial charge in [0.25, 0.3) is 0 Å². The van der Waals surface area contributed by atoms with Crippen LogP contribution in [0.25, 0.3) is 0 Å². The number of hydrogen-bond donors (Lipinski definition) is 2. The first-order valence-electron chi connectivity index (χ1n) is 2.98. The first kappa shape index (κ1) is 16.8. The average Bonchev–Trinajstić information content (AvgIpc) is 1.89. The van der Waals surface area contributed by atoms with Gasteiger partial charge in [0.2, 0.25) is 0 Å². The van der Waals surface area contributed by atoms with E-state index in [1.54, 1.807) is 13.8 Å². The van der Waals surface area contributed by atoms with Gasteiger partial charge in [-0.2, -0.15) is 9.90 Å². The topological polar surface area (TPSA) is 74.6 Å². The summed E-state index contributed by atoms with van der Waals surface area (Å²) in [7, 11) is 0. The summed E-state index contributed by atoms with van der Waals surface area (Å²) in [6, 6.07) is 0. The quantitative estimate of drug-likeness (QED) is 0.625. The molecule has 0 amide bonds. The van der Waals surface area contributed by atoms with Gasteiger partial charge in [0.1, 0.15) is 0 Å². The molecule has 0 heterocycles. The molecule has 1 atom stereocenters. The molecule has 0 spiro atoms. The number of hydrogen-bond acceptors (Lipinski definition) is 2. The molecule has 5 heteroatoms. The van der Waals surface area contributed by atoms with E-state index in [0.717, 1.165) is 0 Å². The minimum atomic E-state index is -0.745. The van der Waals surface area contributed by atoms with Crippen LogP contribution in [0.4, 0.5) is 0 Å². The van der Waals surface area contributed by atoms with E-state index in [1.807, 2.05) is 0 Å². The van der Waals surface area contributed by atoms with Gasteiger partial charge >= 0.3 is 11.9 Å². The molecule has 0 bridgehead atoms. The molecule has 2 N–H and O–H groups in total. The van der Waals surface area contributed by atoms with Gasteiger partial charge in [-0.25, -0.2) is 0 Å². The van der Waals surface area contributed by atoms with Gasteiger partial charge < -0.3 is 10.2 Å². The van der Waals surface area contributed by atoms with Crippen LogP contribution in [-0.2, 0) is 9.59 Å². The summed E-state index contributed by atoms with van der Waals surface area (Å²) in [4.78, 5) is 18.7. The van der Waals surface area contributed by atoms with Crippen molar-refractivity contribution in [3.05, 3.63) is 0 Å². The van der Waals surface area contributed by atoms with Crippen molar-refractivity contribution in [2.45, 2.75) is 26.7 Å². The fourth-order valence-corrected chi connectivity index (χ4v) is 0. The number of aliphatic carboxylic acids is 2. The molecule has 0 aliphatic carbocycles. The smallest absolute Gasteiger partial charge is 0.303 e. The summed E-state index contributed by atoms with van der Waals surface area (Å²) >= 11 is 0. The second-order valence-electron chi connectivity index (χ2n) is 1.49. The van der Waals surface area contributed by atoms with E-state index in [9.17, 15) is 9.59 Å². The van der Waals surface area contributed by atoms with E-state index in [2.05, 4.69) is 0 Å². The molecule has 11 heavy (non-hydrogen) atoms. The highest BCUT2D eigenvalue weighted by molar-refractivity contribution is 6.92. The van der Waals surface area contributed by atoms with Crippen LogP contribution in [-0.4, -0.2) is 22.2 Å². The Morgan fingerprint density at radius 1 is 1.00 bits per heavy atom. The zero-order valence-electron chi connectivity index (χ0n) is 6.83. The molecule has 0 radical (unpaired) electrons. The Morgan fingerprint density at radius 2 is 1.09 bits per heavy atom. The molecule has 1 unspecified atom stereocenters. The van der Waals surface area contributed by atoms with Crippen LogP contribution >= 0.6 is 9.90 Å². The molecule has 68 valence electrons. The highest BCUT2D eigenvalue weighted by Crippen LogP contribution is 1.67. The van der Waals surface area contributed by atoms with E-state index in [1.165, 1.54) is 0 Å². The molecular weight excluding hydrogens is 167 g/mol. The molecule has 0 saturated heterocycles. The Kier molecular flexibility index (Phi) is 18.4. The van der Waals surface area contributed by atoms with Gasteiger partial charge in [0, 0.05) is 12.8 Å². The van der Waals surface area contributed by atoms with E-state index in [0.29, 0.717) is 0 Å². The average molecular weight is 182 g/mol. The highest BCUT2D eigenvalue weighted by Gasteiger charge is 1.81. The minimum Gasteiger partial charge on any atom is -0.481 e. The maximum absolute atomic E-state index is 9.37. The maximum Gasteiger partial charge on any atom is 0.303 e. The summed E-state index contributed by atoms with van der Waals surface area (Å²) in [5.41, 5.74) is 0. The molecule has 4 nitrogen and oxygen atoms in total. The molecule has 0 aromatic carbocycles. The Hall–Kier alpha value is -0.630. The molecule has 0 rings (SSSR count). The number of carbonyl (C=O) groups is 2. The van der Waals surface area contributed by atoms with Gasteiger partial charge in [-0.1, -0.05) is 13.8 Å². The van der Waals surface area contributed by atoms with E-state index < -0.39 is 11.9 Å². The summed E-state index contributed by atoms with van der Waals surface area (Å²) < 4.78 is 0. The van der Waals surface area contributed by atoms with E-state index in [4.69, 9.17) is 10.2 Å². The lowest BCUT2D eigenvalue weighted by Gasteiger charge is -1.71. The second kappa shape index (κ2) is 12.1. The fourth-order valence-electron chi connectivity index (χ4n) is 0. The van der Waals surface area contributed by atoms with Gasteiger partial charge in [-0.05, 0) is 0 Å². The zero-order valence-corrected chi connectivity index (χ0v) is 8.25. The van der Waals surface area contributed by atoms with E-state index in [-0.39, 0.29) is 22.7 Å². The normalized spacial score (nSPS) is 6.73. The third kappa shape index (κ3) is 44.8. The van der Waals surface area contributed by atoms with Crippen LogP contribution in [0.5, 0.6) is 0 Å². The van der Waals surface area contributed by atoms with Gasteiger partial charge in [-0.15, -0.1) is 0 Å². The third-order valence-corrected chi connectivity index (χ3v) is 0.605. The maximum atomic E-state index is 9.37. The minimum absolute atomic E-state index is 0. The van der Waals surface area contributed by atoms with Crippen LogP contribution < -0.4 is 0 Å². The van der Waals surface area contributed by atoms with Crippen molar-refractivity contribution in [1.29, 1.82) is 0 Å². The predicted molar refractivity (Wildman–Crippen MR) is 47.0 cm³/mol. The molecular formula is C6H15O4P. The standard InChI is InChI=1S/2C3H6O2.H3P/c2*1-2-3(4)5;/h2*2H2,1H3,(H,4,5);1H3. The van der Waals surface area contributed by atoms with Crippen molar-refractivity contribution in [3.63, 3.8) is 0 Å². The Bertz CT molecular complexity index is 99.1. The van der Waals surface area contributed by atoms with Gasteiger partial charge in [0.05, 0.1) is 0 Å². The van der Waals surface area contributed by atoms with Crippen molar-refractivity contribution >= 4 is 21.8 Å². The van der Waals surface area contributed by atoms with Crippen LogP contribution in [0.2, 0.25) is 0 Å². The van der Waals surface area contributed by atoms with Crippen molar-refractivity contribution in [2.24, 2.45) is 0 Å². The van der Waals surface area contributed by atoms with Crippen molar-refractivity contribution in [3.8, 4) is 0 Å². The molecule has 0 aromatic heterocycles. The lowest BCUT2D eigenvalue weighted by Crippen LogP contribution is -1.86. The largest absolute Gasteiger partial charge is 0.481 e. The van der Waals surface area contributed by atoms with Crippen LogP contribution in [0.3, 0.4) is 0 Å². The SMILES string of the molecule is CCC(=O)O.CCC(=O)O.P. The third-order valence-electron chi connectivity index (χ3n) is 0.605. The summed E-state index contributed by atoms with van der Waals surface area (Å²) in [5.74, 6) is -1.49.